The lowest BCUT2D eigenvalue weighted by Crippen LogP contribution is -2.51. The maximum absolute atomic E-state index is 11.9. The summed E-state index contributed by atoms with van der Waals surface area (Å²) in [6.07, 6.45) is 1.02. The van der Waals surface area contributed by atoms with Crippen LogP contribution in [-0.4, -0.2) is 50.1 Å². The Morgan fingerprint density at radius 3 is 2.68 bits per heavy atom. The molecule has 1 atom stereocenters. The highest BCUT2D eigenvalue weighted by Gasteiger charge is 2.25. The van der Waals surface area contributed by atoms with Gasteiger partial charge in [-0.1, -0.05) is 31.2 Å². The van der Waals surface area contributed by atoms with Crippen LogP contribution in [0, 0.1) is 0 Å². The quantitative estimate of drug-likeness (QED) is 0.764. The Balaban J connectivity index is 2.03. The van der Waals surface area contributed by atoms with Gasteiger partial charge in [0.25, 0.3) is 0 Å². The van der Waals surface area contributed by atoms with Crippen LogP contribution >= 0.6 is 0 Å². The minimum absolute atomic E-state index is 0.148. The summed E-state index contributed by atoms with van der Waals surface area (Å²) < 4.78 is 0. The molecule has 1 unspecified atom stereocenters. The van der Waals surface area contributed by atoms with Gasteiger partial charge in [0.2, 0.25) is 5.91 Å². The first-order valence-electron chi connectivity index (χ1n) is 7.69. The highest BCUT2D eigenvalue weighted by Crippen LogP contribution is 2.22. The number of carbonyl (C=O) groups excluding carboxylic acids is 2. The van der Waals surface area contributed by atoms with Crippen molar-refractivity contribution in [1.82, 2.24) is 20.9 Å². The van der Waals surface area contributed by atoms with Gasteiger partial charge >= 0.3 is 6.03 Å². The standard InChI is InChI=1S/C16H24N4O2/c1-3-12-4-6-13(7-5-12)14-10-18-8-9-20(14)11-15(21)19-16(22)17-2/h4-7,14,18H,3,8-11H2,1-2H3,(H2,17,19,21,22). The van der Waals surface area contributed by atoms with Crippen LogP contribution < -0.4 is 16.0 Å². The third-order valence-corrected chi connectivity index (χ3v) is 3.95. The Bertz CT molecular complexity index is 515. The average molecular weight is 304 g/mol. The third kappa shape index (κ3) is 4.29. The molecule has 1 heterocycles. The lowest BCUT2D eigenvalue weighted by molar-refractivity contribution is -0.122. The number of imide groups is 1. The number of piperazine rings is 1. The molecule has 6 heteroatoms. The molecule has 2 rings (SSSR count). The van der Waals surface area contributed by atoms with Crippen LogP contribution in [0.3, 0.4) is 0 Å². The Kier molecular flexibility index (Phi) is 5.91. The van der Waals surface area contributed by atoms with Gasteiger partial charge < -0.3 is 10.6 Å². The molecule has 0 aromatic heterocycles. The molecule has 1 fully saturated rings. The number of aryl methyl sites for hydroxylation is 1. The number of urea groups is 1. The molecule has 0 spiro atoms. The molecule has 0 radical (unpaired) electrons. The highest BCUT2D eigenvalue weighted by molar-refractivity contribution is 5.95. The Hall–Kier alpha value is -1.92. The van der Waals surface area contributed by atoms with E-state index in [-0.39, 0.29) is 18.5 Å². The minimum atomic E-state index is -0.469. The normalized spacial score (nSPS) is 18.7. The molecule has 3 amide bonds. The Morgan fingerprint density at radius 1 is 1.32 bits per heavy atom. The fourth-order valence-electron chi connectivity index (χ4n) is 2.65. The molecule has 1 aromatic carbocycles. The van der Waals surface area contributed by atoms with E-state index in [1.54, 1.807) is 0 Å². The van der Waals surface area contributed by atoms with Crippen molar-refractivity contribution in [3.05, 3.63) is 35.4 Å². The SMILES string of the molecule is CCc1ccc(C2CNCCN2CC(=O)NC(=O)NC)cc1. The molecule has 1 aromatic rings. The van der Waals surface area contributed by atoms with E-state index < -0.39 is 6.03 Å². The van der Waals surface area contributed by atoms with Gasteiger partial charge in [0.1, 0.15) is 0 Å². The van der Waals surface area contributed by atoms with Crippen LogP contribution in [0.25, 0.3) is 0 Å². The molecule has 3 N–H and O–H groups in total. The van der Waals surface area contributed by atoms with E-state index in [9.17, 15) is 9.59 Å². The van der Waals surface area contributed by atoms with Crippen LogP contribution in [-0.2, 0) is 11.2 Å². The van der Waals surface area contributed by atoms with Crippen LogP contribution in [0.1, 0.15) is 24.1 Å². The molecule has 1 saturated heterocycles. The van der Waals surface area contributed by atoms with Gasteiger partial charge in [-0.05, 0) is 17.5 Å². The number of rotatable bonds is 4. The van der Waals surface area contributed by atoms with E-state index in [1.807, 2.05) is 0 Å². The number of benzene rings is 1. The van der Waals surface area contributed by atoms with Crippen molar-refractivity contribution in [3.8, 4) is 0 Å². The Morgan fingerprint density at radius 2 is 2.05 bits per heavy atom. The third-order valence-electron chi connectivity index (χ3n) is 3.95. The van der Waals surface area contributed by atoms with Gasteiger partial charge in [0.05, 0.1) is 6.54 Å². The molecule has 120 valence electrons. The van der Waals surface area contributed by atoms with E-state index in [1.165, 1.54) is 18.2 Å². The lowest BCUT2D eigenvalue weighted by Gasteiger charge is -2.36. The van der Waals surface area contributed by atoms with Gasteiger partial charge in [-0.25, -0.2) is 4.79 Å². The number of nitrogens with zero attached hydrogens (tertiary/aromatic N) is 1. The summed E-state index contributed by atoms with van der Waals surface area (Å²) in [5.74, 6) is -0.281. The molecule has 1 aliphatic heterocycles. The van der Waals surface area contributed by atoms with E-state index >= 15 is 0 Å². The second-order valence-electron chi connectivity index (χ2n) is 5.41. The fourth-order valence-corrected chi connectivity index (χ4v) is 2.65. The summed E-state index contributed by atoms with van der Waals surface area (Å²) in [5.41, 5.74) is 2.49. The first kappa shape index (κ1) is 16.5. The van der Waals surface area contributed by atoms with Crippen LogP contribution in [0.2, 0.25) is 0 Å². The van der Waals surface area contributed by atoms with Crippen LogP contribution in [0.5, 0.6) is 0 Å². The number of amides is 3. The molecule has 0 aliphatic carbocycles. The van der Waals surface area contributed by atoms with Crippen molar-refractivity contribution < 1.29 is 9.59 Å². The smallest absolute Gasteiger partial charge is 0.321 e. The van der Waals surface area contributed by atoms with Crippen molar-refractivity contribution in [3.63, 3.8) is 0 Å². The molecular formula is C16H24N4O2. The number of nitrogens with one attached hydrogen (secondary N) is 3. The fraction of sp³-hybridized carbons (Fsp3) is 0.500. The van der Waals surface area contributed by atoms with E-state index in [0.717, 1.165) is 26.1 Å². The van der Waals surface area contributed by atoms with Gasteiger partial charge in [-0.15, -0.1) is 0 Å². The summed E-state index contributed by atoms with van der Waals surface area (Å²) >= 11 is 0. The minimum Gasteiger partial charge on any atom is -0.341 e. The zero-order valence-electron chi connectivity index (χ0n) is 13.2. The van der Waals surface area contributed by atoms with Gasteiger partial charge in [0.15, 0.2) is 0 Å². The average Bonchev–Trinajstić information content (AvgIpc) is 2.55. The van der Waals surface area contributed by atoms with Crippen molar-refractivity contribution in [2.75, 3.05) is 33.2 Å². The van der Waals surface area contributed by atoms with Crippen molar-refractivity contribution >= 4 is 11.9 Å². The summed E-state index contributed by atoms with van der Waals surface area (Å²) in [6.45, 7) is 4.78. The van der Waals surface area contributed by atoms with E-state index in [0.29, 0.717) is 0 Å². The molecule has 0 bridgehead atoms. The zero-order valence-corrected chi connectivity index (χ0v) is 13.2. The molecule has 1 aliphatic rings. The topological polar surface area (TPSA) is 73.5 Å². The molecule has 0 saturated carbocycles. The summed E-state index contributed by atoms with van der Waals surface area (Å²) in [6, 6.07) is 8.19. The number of carbonyl (C=O) groups is 2. The molecule has 22 heavy (non-hydrogen) atoms. The largest absolute Gasteiger partial charge is 0.341 e. The molecular weight excluding hydrogens is 280 g/mol. The lowest BCUT2D eigenvalue weighted by atomic mass is 10.0. The first-order chi connectivity index (χ1) is 10.6. The second kappa shape index (κ2) is 7.91. The highest BCUT2D eigenvalue weighted by atomic mass is 16.2. The monoisotopic (exact) mass is 304 g/mol. The molecule has 6 nitrogen and oxygen atoms in total. The van der Waals surface area contributed by atoms with Gasteiger partial charge in [-0.2, -0.15) is 0 Å². The summed E-state index contributed by atoms with van der Waals surface area (Å²) in [4.78, 5) is 25.2. The second-order valence-corrected chi connectivity index (χ2v) is 5.41. The maximum Gasteiger partial charge on any atom is 0.321 e. The number of hydrogen-bond acceptors (Lipinski definition) is 4. The van der Waals surface area contributed by atoms with Crippen LogP contribution in [0.4, 0.5) is 4.79 Å². The van der Waals surface area contributed by atoms with Crippen LogP contribution in [0.15, 0.2) is 24.3 Å². The number of hydrogen-bond donors (Lipinski definition) is 3. The van der Waals surface area contributed by atoms with Crippen molar-refractivity contribution in [2.45, 2.75) is 19.4 Å². The van der Waals surface area contributed by atoms with Crippen molar-refractivity contribution in [1.29, 1.82) is 0 Å². The van der Waals surface area contributed by atoms with Crippen molar-refractivity contribution in [2.24, 2.45) is 0 Å². The van der Waals surface area contributed by atoms with E-state index in [2.05, 4.69) is 52.0 Å². The first-order valence-corrected chi connectivity index (χ1v) is 7.69. The van der Waals surface area contributed by atoms with Gasteiger partial charge in [-0.3, -0.25) is 15.0 Å². The summed E-state index contributed by atoms with van der Waals surface area (Å²) in [7, 11) is 1.49. The predicted molar refractivity (Wildman–Crippen MR) is 85.6 cm³/mol. The maximum atomic E-state index is 11.9. The van der Waals surface area contributed by atoms with Gasteiger partial charge in [0, 0.05) is 32.7 Å². The Labute approximate surface area is 131 Å². The zero-order chi connectivity index (χ0) is 15.9. The summed E-state index contributed by atoms with van der Waals surface area (Å²) in [5, 5.41) is 8.07. The van der Waals surface area contributed by atoms with E-state index in [4.69, 9.17) is 0 Å². The predicted octanol–water partition coefficient (Wildman–Crippen LogP) is 0.651.